The first-order valence-electron chi connectivity index (χ1n) is 9.93. The molecule has 0 radical (unpaired) electrons. The van der Waals surface area contributed by atoms with Crippen molar-refractivity contribution in [1.29, 1.82) is 0 Å². The summed E-state index contributed by atoms with van der Waals surface area (Å²) >= 11 is 0. The van der Waals surface area contributed by atoms with Gasteiger partial charge in [-0.1, -0.05) is 12.1 Å². The number of aliphatic hydroxyl groups is 1. The van der Waals surface area contributed by atoms with Crippen molar-refractivity contribution in [3.05, 3.63) is 47.8 Å². The number of benzene rings is 1. The maximum atomic E-state index is 12.4. The number of pyridine rings is 1. The van der Waals surface area contributed by atoms with Gasteiger partial charge < -0.3 is 29.8 Å². The molecule has 3 rings (SSSR count). The molecule has 0 atom stereocenters. The molecule has 0 unspecified atom stereocenters. The van der Waals surface area contributed by atoms with Gasteiger partial charge in [0.05, 0.1) is 31.3 Å². The van der Waals surface area contributed by atoms with Crippen molar-refractivity contribution in [2.24, 2.45) is 0 Å². The molecule has 0 aliphatic carbocycles. The third-order valence-corrected chi connectivity index (χ3v) is 4.65. The van der Waals surface area contributed by atoms with Gasteiger partial charge in [-0.25, -0.2) is 9.78 Å². The van der Waals surface area contributed by atoms with E-state index in [1.54, 1.807) is 10.8 Å². The molecular formula is C22H26N4O5. The number of methoxy groups -OCH3 is 1. The number of fused-ring (bicyclic) bond motifs is 1. The Kier molecular flexibility index (Phi) is 7.09. The van der Waals surface area contributed by atoms with Crippen molar-refractivity contribution in [1.82, 2.24) is 9.55 Å². The summed E-state index contributed by atoms with van der Waals surface area (Å²) in [5.41, 5.74) is 2.93. The van der Waals surface area contributed by atoms with Crippen LogP contribution in [0.4, 0.5) is 11.4 Å². The standard InChI is InChI=1S/C22H26N4O5/c1-4-26-20(22(29)30-3)19(25-14(2)28)18-11-16(13-24-21(18)26)23-12-15-6-5-7-17(10-15)31-9-8-27/h5-7,10-11,13,23,27H,4,8-9,12H2,1-3H3,(H,25,28). The van der Waals surface area contributed by atoms with Crippen molar-refractivity contribution >= 4 is 34.3 Å². The second-order valence-electron chi connectivity index (χ2n) is 6.81. The predicted octanol–water partition coefficient (Wildman–Crippen LogP) is 2.78. The Balaban J connectivity index is 1.93. The zero-order chi connectivity index (χ0) is 22.4. The molecule has 3 N–H and O–H groups in total. The zero-order valence-electron chi connectivity index (χ0n) is 17.8. The topological polar surface area (TPSA) is 115 Å². The van der Waals surface area contributed by atoms with Gasteiger partial charge >= 0.3 is 5.97 Å². The summed E-state index contributed by atoms with van der Waals surface area (Å²) in [6.07, 6.45) is 1.68. The number of hydrogen-bond acceptors (Lipinski definition) is 7. The molecule has 0 fully saturated rings. The number of anilines is 2. The van der Waals surface area contributed by atoms with Gasteiger partial charge in [0.25, 0.3) is 0 Å². The highest BCUT2D eigenvalue weighted by Gasteiger charge is 2.24. The van der Waals surface area contributed by atoms with Crippen LogP contribution in [0.3, 0.4) is 0 Å². The number of nitrogens with zero attached hydrogens (tertiary/aromatic N) is 2. The van der Waals surface area contributed by atoms with Crippen molar-refractivity contribution in [2.45, 2.75) is 26.9 Å². The van der Waals surface area contributed by atoms with E-state index in [0.29, 0.717) is 35.6 Å². The lowest BCUT2D eigenvalue weighted by atomic mass is 10.2. The summed E-state index contributed by atoms with van der Waals surface area (Å²) in [7, 11) is 1.30. The molecule has 0 bridgehead atoms. The quantitative estimate of drug-likeness (QED) is 0.451. The van der Waals surface area contributed by atoms with E-state index in [1.165, 1.54) is 14.0 Å². The van der Waals surface area contributed by atoms with Crippen LogP contribution < -0.4 is 15.4 Å². The fraction of sp³-hybridized carbons (Fsp3) is 0.318. The molecule has 0 aliphatic rings. The second-order valence-corrected chi connectivity index (χ2v) is 6.81. The van der Waals surface area contributed by atoms with E-state index in [0.717, 1.165) is 11.3 Å². The Hall–Kier alpha value is -3.59. The molecule has 0 aliphatic heterocycles. The highest BCUT2D eigenvalue weighted by Crippen LogP contribution is 2.32. The predicted molar refractivity (Wildman–Crippen MR) is 117 cm³/mol. The SMILES string of the molecule is CCn1c(C(=O)OC)c(NC(C)=O)c2cc(NCc3cccc(OCCO)c3)cnc21. The first-order valence-corrected chi connectivity index (χ1v) is 9.93. The number of rotatable bonds is 9. The molecule has 1 aromatic carbocycles. The van der Waals surface area contributed by atoms with Gasteiger partial charge in [0, 0.05) is 25.4 Å². The average molecular weight is 426 g/mol. The third-order valence-electron chi connectivity index (χ3n) is 4.65. The van der Waals surface area contributed by atoms with Gasteiger partial charge in [-0.3, -0.25) is 4.79 Å². The number of carbonyl (C=O) groups excluding carboxylic acids is 2. The van der Waals surface area contributed by atoms with Crippen LogP contribution in [-0.2, 0) is 22.6 Å². The van der Waals surface area contributed by atoms with Crippen molar-refractivity contribution in [3.63, 3.8) is 0 Å². The van der Waals surface area contributed by atoms with Gasteiger partial charge in [-0.05, 0) is 30.7 Å². The van der Waals surface area contributed by atoms with Crippen LogP contribution in [0.1, 0.15) is 29.9 Å². The van der Waals surface area contributed by atoms with Gasteiger partial charge in [-0.2, -0.15) is 0 Å². The molecule has 2 aromatic heterocycles. The Morgan fingerprint density at radius 2 is 2.06 bits per heavy atom. The molecular weight excluding hydrogens is 400 g/mol. The number of aromatic nitrogens is 2. The first kappa shape index (κ1) is 22.1. The Morgan fingerprint density at radius 1 is 1.26 bits per heavy atom. The second kappa shape index (κ2) is 9.94. The fourth-order valence-electron chi connectivity index (χ4n) is 3.35. The monoisotopic (exact) mass is 426 g/mol. The van der Waals surface area contributed by atoms with Crippen molar-refractivity contribution < 1.29 is 24.2 Å². The normalized spacial score (nSPS) is 10.7. The molecule has 0 saturated heterocycles. The third kappa shape index (κ3) is 4.95. The summed E-state index contributed by atoms with van der Waals surface area (Å²) in [6, 6.07) is 9.40. The number of aliphatic hydroxyl groups excluding tert-OH is 1. The highest BCUT2D eigenvalue weighted by atomic mass is 16.5. The number of amides is 1. The molecule has 1 amide bonds. The number of ether oxygens (including phenoxy) is 2. The van der Waals surface area contributed by atoms with Gasteiger partial charge in [0.15, 0.2) is 5.69 Å². The smallest absolute Gasteiger partial charge is 0.356 e. The minimum absolute atomic E-state index is 0.0459. The summed E-state index contributed by atoms with van der Waals surface area (Å²) in [4.78, 5) is 28.7. The van der Waals surface area contributed by atoms with E-state index in [4.69, 9.17) is 14.6 Å². The lowest BCUT2D eigenvalue weighted by Crippen LogP contribution is -2.14. The molecule has 164 valence electrons. The van der Waals surface area contributed by atoms with Crippen LogP contribution >= 0.6 is 0 Å². The summed E-state index contributed by atoms with van der Waals surface area (Å²) in [5.74, 6) is -0.159. The Bertz CT molecular complexity index is 1090. The van der Waals surface area contributed by atoms with Crippen molar-refractivity contribution in [3.8, 4) is 5.75 Å². The number of nitrogens with one attached hydrogen (secondary N) is 2. The average Bonchev–Trinajstić information content (AvgIpc) is 3.08. The maximum Gasteiger partial charge on any atom is 0.356 e. The lowest BCUT2D eigenvalue weighted by Gasteiger charge is -2.09. The minimum Gasteiger partial charge on any atom is -0.491 e. The summed E-state index contributed by atoms with van der Waals surface area (Å²) in [6.45, 7) is 4.47. The molecule has 2 heterocycles. The molecule has 9 nitrogen and oxygen atoms in total. The number of carbonyl (C=O) groups is 2. The van der Waals surface area contributed by atoms with Crippen LogP contribution in [-0.4, -0.2) is 46.9 Å². The van der Waals surface area contributed by atoms with Gasteiger partial charge in [0.1, 0.15) is 18.0 Å². The maximum absolute atomic E-state index is 12.4. The van der Waals surface area contributed by atoms with E-state index in [-0.39, 0.29) is 24.8 Å². The number of aryl methyl sites for hydroxylation is 1. The molecule has 0 spiro atoms. The van der Waals surface area contributed by atoms with Crippen LogP contribution in [0.5, 0.6) is 5.75 Å². The van der Waals surface area contributed by atoms with E-state index < -0.39 is 5.97 Å². The van der Waals surface area contributed by atoms with Crippen LogP contribution in [0.25, 0.3) is 11.0 Å². The van der Waals surface area contributed by atoms with E-state index >= 15 is 0 Å². The number of esters is 1. The molecule has 0 saturated carbocycles. The van der Waals surface area contributed by atoms with Crippen molar-refractivity contribution in [2.75, 3.05) is 31.0 Å². The Morgan fingerprint density at radius 3 is 2.74 bits per heavy atom. The summed E-state index contributed by atoms with van der Waals surface area (Å²) in [5, 5.41) is 15.6. The zero-order valence-corrected chi connectivity index (χ0v) is 17.8. The Labute approximate surface area is 180 Å². The van der Waals surface area contributed by atoms with Crippen LogP contribution in [0, 0.1) is 0 Å². The van der Waals surface area contributed by atoms with Gasteiger partial charge in [-0.15, -0.1) is 0 Å². The number of hydrogen-bond donors (Lipinski definition) is 3. The van der Waals surface area contributed by atoms with E-state index in [1.807, 2.05) is 37.3 Å². The molecule has 9 heteroatoms. The minimum atomic E-state index is -0.544. The fourth-order valence-corrected chi connectivity index (χ4v) is 3.35. The van der Waals surface area contributed by atoms with Gasteiger partial charge in [0.2, 0.25) is 5.91 Å². The van der Waals surface area contributed by atoms with Crippen LogP contribution in [0.2, 0.25) is 0 Å². The first-order chi connectivity index (χ1) is 15.0. The lowest BCUT2D eigenvalue weighted by molar-refractivity contribution is -0.114. The van der Waals surface area contributed by atoms with E-state index in [9.17, 15) is 9.59 Å². The largest absolute Gasteiger partial charge is 0.491 e. The highest BCUT2D eigenvalue weighted by molar-refractivity contribution is 6.10. The summed E-state index contributed by atoms with van der Waals surface area (Å²) < 4.78 is 12.1. The van der Waals surface area contributed by atoms with Crippen LogP contribution in [0.15, 0.2) is 36.5 Å². The van der Waals surface area contributed by atoms with E-state index in [2.05, 4.69) is 15.6 Å². The molecule has 31 heavy (non-hydrogen) atoms. The molecule has 3 aromatic rings.